The standard InChI is InChI=1S/C22H29NO3/c1-5-16-11-12-17(6-2)18(13-16)15-23-22(24)21(7-3)26-20-10-8-9-19(14-20)25-4/h8-14,21H,5-7,15H2,1-4H3,(H,23,24)/t21-/m0/s1. The topological polar surface area (TPSA) is 47.6 Å². The molecule has 1 N–H and O–H groups in total. The van der Waals surface area contributed by atoms with Gasteiger partial charge in [-0.15, -0.1) is 0 Å². The van der Waals surface area contributed by atoms with Crippen LogP contribution in [0.3, 0.4) is 0 Å². The largest absolute Gasteiger partial charge is 0.497 e. The van der Waals surface area contributed by atoms with Crippen molar-refractivity contribution >= 4 is 5.91 Å². The molecular formula is C22H29NO3. The third kappa shape index (κ3) is 5.25. The number of benzene rings is 2. The minimum absolute atomic E-state index is 0.0979. The summed E-state index contributed by atoms with van der Waals surface area (Å²) in [5.41, 5.74) is 3.73. The molecule has 2 aromatic rings. The SMILES string of the molecule is CCc1ccc(CC)c(CNC(=O)[C@H](CC)Oc2cccc(OC)c2)c1. The number of amides is 1. The second kappa shape index (κ2) is 9.85. The maximum Gasteiger partial charge on any atom is 0.261 e. The molecule has 140 valence electrons. The van der Waals surface area contributed by atoms with Crippen molar-refractivity contribution in [3.63, 3.8) is 0 Å². The molecule has 0 spiro atoms. The van der Waals surface area contributed by atoms with E-state index in [4.69, 9.17) is 9.47 Å². The first-order valence-electron chi connectivity index (χ1n) is 9.30. The zero-order valence-electron chi connectivity index (χ0n) is 16.2. The molecule has 0 unspecified atom stereocenters. The Balaban J connectivity index is 2.03. The predicted molar refractivity (Wildman–Crippen MR) is 105 cm³/mol. The molecule has 4 heteroatoms. The Morgan fingerprint density at radius 1 is 1.00 bits per heavy atom. The van der Waals surface area contributed by atoms with Gasteiger partial charge >= 0.3 is 0 Å². The fraction of sp³-hybridized carbons (Fsp3) is 0.409. The van der Waals surface area contributed by atoms with Gasteiger partial charge in [0, 0.05) is 12.6 Å². The molecule has 4 nitrogen and oxygen atoms in total. The van der Waals surface area contributed by atoms with Gasteiger partial charge in [-0.05, 0) is 48.1 Å². The van der Waals surface area contributed by atoms with Gasteiger partial charge in [-0.1, -0.05) is 45.0 Å². The lowest BCUT2D eigenvalue weighted by Gasteiger charge is -2.18. The van der Waals surface area contributed by atoms with Gasteiger partial charge in [0.25, 0.3) is 5.91 Å². The van der Waals surface area contributed by atoms with Crippen LogP contribution in [-0.2, 0) is 24.2 Å². The van der Waals surface area contributed by atoms with E-state index >= 15 is 0 Å². The number of aryl methyl sites for hydroxylation is 2. The van der Waals surface area contributed by atoms with Gasteiger partial charge < -0.3 is 14.8 Å². The number of carbonyl (C=O) groups excluding carboxylic acids is 1. The number of methoxy groups -OCH3 is 1. The lowest BCUT2D eigenvalue weighted by molar-refractivity contribution is -0.128. The van der Waals surface area contributed by atoms with Crippen molar-refractivity contribution < 1.29 is 14.3 Å². The van der Waals surface area contributed by atoms with E-state index in [-0.39, 0.29) is 5.91 Å². The Hall–Kier alpha value is -2.49. The van der Waals surface area contributed by atoms with Gasteiger partial charge in [-0.2, -0.15) is 0 Å². The van der Waals surface area contributed by atoms with Gasteiger partial charge in [0.2, 0.25) is 0 Å². The van der Waals surface area contributed by atoms with Gasteiger partial charge in [0.05, 0.1) is 7.11 Å². The highest BCUT2D eigenvalue weighted by molar-refractivity contribution is 5.81. The second-order valence-electron chi connectivity index (χ2n) is 6.22. The van der Waals surface area contributed by atoms with Crippen molar-refractivity contribution in [2.45, 2.75) is 52.7 Å². The van der Waals surface area contributed by atoms with Gasteiger partial charge in [0.1, 0.15) is 11.5 Å². The number of hydrogen-bond acceptors (Lipinski definition) is 3. The first-order valence-corrected chi connectivity index (χ1v) is 9.30. The van der Waals surface area contributed by atoms with Crippen LogP contribution < -0.4 is 14.8 Å². The van der Waals surface area contributed by atoms with Gasteiger partial charge in [0.15, 0.2) is 6.10 Å². The summed E-state index contributed by atoms with van der Waals surface area (Å²) in [6.45, 7) is 6.73. The number of ether oxygens (including phenoxy) is 2. The van der Waals surface area contributed by atoms with E-state index in [2.05, 4.69) is 37.4 Å². The van der Waals surface area contributed by atoms with Crippen LogP contribution in [0.4, 0.5) is 0 Å². The average molecular weight is 355 g/mol. The molecule has 26 heavy (non-hydrogen) atoms. The maximum atomic E-state index is 12.6. The summed E-state index contributed by atoms with van der Waals surface area (Å²) in [4.78, 5) is 12.6. The molecule has 0 aliphatic carbocycles. The highest BCUT2D eigenvalue weighted by Crippen LogP contribution is 2.21. The van der Waals surface area contributed by atoms with Crippen LogP contribution in [0, 0.1) is 0 Å². The fourth-order valence-corrected chi connectivity index (χ4v) is 2.87. The molecule has 1 amide bonds. The molecule has 0 heterocycles. The van der Waals surface area contributed by atoms with Crippen LogP contribution in [-0.4, -0.2) is 19.1 Å². The zero-order chi connectivity index (χ0) is 18.9. The third-order valence-electron chi connectivity index (χ3n) is 4.50. The van der Waals surface area contributed by atoms with E-state index in [1.807, 2.05) is 25.1 Å². The quantitative estimate of drug-likeness (QED) is 0.730. The summed E-state index contributed by atoms with van der Waals surface area (Å²) in [5, 5.41) is 3.03. The molecule has 0 fully saturated rings. The van der Waals surface area contributed by atoms with Crippen LogP contribution in [0.15, 0.2) is 42.5 Å². The fourth-order valence-electron chi connectivity index (χ4n) is 2.87. The predicted octanol–water partition coefficient (Wildman–Crippen LogP) is 4.29. The summed E-state index contributed by atoms with van der Waals surface area (Å²) in [7, 11) is 1.61. The number of hydrogen-bond donors (Lipinski definition) is 1. The summed E-state index contributed by atoms with van der Waals surface area (Å²) < 4.78 is 11.1. The Bertz CT molecular complexity index is 727. The average Bonchev–Trinajstić information content (AvgIpc) is 2.69. The molecule has 0 aromatic heterocycles. The van der Waals surface area contributed by atoms with Crippen molar-refractivity contribution in [2.75, 3.05) is 7.11 Å². The van der Waals surface area contributed by atoms with Gasteiger partial charge in [-0.3, -0.25) is 4.79 Å². The normalized spacial score (nSPS) is 11.7. The second-order valence-corrected chi connectivity index (χ2v) is 6.22. The minimum Gasteiger partial charge on any atom is -0.497 e. The molecule has 0 bridgehead atoms. The van der Waals surface area contributed by atoms with Crippen LogP contribution in [0.5, 0.6) is 11.5 Å². The van der Waals surface area contributed by atoms with Crippen LogP contribution in [0.25, 0.3) is 0 Å². The monoisotopic (exact) mass is 355 g/mol. The Kier molecular flexibility index (Phi) is 7.52. The number of nitrogens with one attached hydrogen (secondary N) is 1. The smallest absolute Gasteiger partial charge is 0.261 e. The number of carbonyl (C=O) groups is 1. The summed E-state index contributed by atoms with van der Waals surface area (Å²) in [5.74, 6) is 1.24. The van der Waals surface area contributed by atoms with Crippen LogP contribution in [0.1, 0.15) is 43.9 Å². The van der Waals surface area contributed by atoms with Crippen molar-refractivity contribution in [3.05, 3.63) is 59.2 Å². The Morgan fingerprint density at radius 3 is 2.42 bits per heavy atom. The van der Waals surface area contributed by atoms with E-state index in [1.165, 1.54) is 16.7 Å². The van der Waals surface area contributed by atoms with E-state index in [0.29, 0.717) is 24.5 Å². The molecule has 0 radical (unpaired) electrons. The minimum atomic E-state index is -0.526. The molecule has 2 aromatic carbocycles. The van der Waals surface area contributed by atoms with Crippen LogP contribution in [0.2, 0.25) is 0 Å². The highest BCUT2D eigenvalue weighted by Gasteiger charge is 2.18. The third-order valence-corrected chi connectivity index (χ3v) is 4.50. The molecule has 0 aliphatic heterocycles. The molecule has 0 saturated heterocycles. The van der Waals surface area contributed by atoms with E-state index in [0.717, 1.165) is 12.8 Å². The highest BCUT2D eigenvalue weighted by atomic mass is 16.5. The van der Waals surface area contributed by atoms with E-state index < -0.39 is 6.10 Å². The lowest BCUT2D eigenvalue weighted by Crippen LogP contribution is -2.37. The first-order chi connectivity index (χ1) is 12.6. The summed E-state index contributed by atoms with van der Waals surface area (Å²) in [6.07, 6.45) is 2.01. The van der Waals surface area contributed by atoms with Crippen molar-refractivity contribution in [3.8, 4) is 11.5 Å². The Morgan fingerprint density at radius 2 is 1.77 bits per heavy atom. The first kappa shape index (κ1) is 19.8. The Labute approximate surface area is 156 Å². The summed E-state index contributed by atoms with van der Waals surface area (Å²) >= 11 is 0. The summed E-state index contributed by atoms with van der Waals surface area (Å²) in [6, 6.07) is 13.8. The molecule has 0 saturated carbocycles. The van der Waals surface area contributed by atoms with Crippen LogP contribution >= 0.6 is 0 Å². The number of rotatable bonds is 9. The van der Waals surface area contributed by atoms with Crippen molar-refractivity contribution in [1.29, 1.82) is 0 Å². The molecule has 1 atom stereocenters. The zero-order valence-corrected chi connectivity index (χ0v) is 16.2. The molecular weight excluding hydrogens is 326 g/mol. The van der Waals surface area contributed by atoms with Crippen molar-refractivity contribution in [1.82, 2.24) is 5.32 Å². The molecule has 2 rings (SSSR count). The molecule has 0 aliphatic rings. The van der Waals surface area contributed by atoms with E-state index in [1.54, 1.807) is 13.2 Å². The maximum absolute atomic E-state index is 12.6. The van der Waals surface area contributed by atoms with Gasteiger partial charge in [-0.25, -0.2) is 0 Å². The lowest BCUT2D eigenvalue weighted by atomic mass is 10.0. The van der Waals surface area contributed by atoms with E-state index in [9.17, 15) is 4.79 Å². The van der Waals surface area contributed by atoms with Crippen molar-refractivity contribution in [2.24, 2.45) is 0 Å².